The second-order valence-corrected chi connectivity index (χ2v) is 4.42. The molecule has 0 bridgehead atoms. The largest absolute Gasteiger partial charge is 0.492 e. The summed E-state index contributed by atoms with van der Waals surface area (Å²) in [5.41, 5.74) is 0. The topological polar surface area (TPSA) is 54.0 Å². The van der Waals surface area contributed by atoms with E-state index in [9.17, 15) is 4.79 Å². The fourth-order valence-corrected chi connectivity index (χ4v) is 1.65. The molecule has 0 amide bonds. The number of ether oxygens (including phenoxy) is 4. The van der Waals surface area contributed by atoms with E-state index in [2.05, 4.69) is 20.7 Å². The number of methoxy groups -OCH3 is 1. The van der Waals surface area contributed by atoms with E-state index in [4.69, 9.17) is 14.2 Å². The van der Waals surface area contributed by atoms with Crippen LogP contribution < -0.4 is 14.2 Å². The molecule has 2 rings (SSSR count). The molecule has 17 heavy (non-hydrogen) atoms. The Kier molecular flexibility index (Phi) is 3.73. The highest BCUT2D eigenvalue weighted by molar-refractivity contribution is 9.10. The van der Waals surface area contributed by atoms with Crippen LogP contribution in [-0.2, 0) is 9.53 Å². The van der Waals surface area contributed by atoms with Gasteiger partial charge in [0.1, 0.15) is 17.2 Å². The van der Waals surface area contributed by atoms with Crippen molar-refractivity contribution in [2.45, 2.75) is 4.83 Å². The normalized spacial score (nSPS) is 14.2. The predicted molar refractivity (Wildman–Crippen MR) is 62.8 cm³/mol. The molecular formula is C11H11BrO5. The van der Waals surface area contributed by atoms with Crippen LogP contribution in [0.4, 0.5) is 0 Å². The number of carbonyl (C=O) groups excluding carboxylic acids is 1. The van der Waals surface area contributed by atoms with Crippen LogP contribution in [-0.4, -0.2) is 31.3 Å². The fourth-order valence-electron chi connectivity index (χ4n) is 1.33. The van der Waals surface area contributed by atoms with Crippen LogP contribution in [0.15, 0.2) is 18.2 Å². The van der Waals surface area contributed by atoms with Gasteiger partial charge >= 0.3 is 5.97 Å². The van der Waals surface area contributed by atoms with Gasteiger partial charge in [-0.1, -0.05) is 15.9 Å². The SMILES string of the molecule is COC(=O)C(Br)COc1ccc2c(c1)OCO2. The lowest BCUT2D eigenvalue weighted by molar-refractivity contribution is -0.140. The summed E-state index contributed by atoms with van der Waals surface area (Å²) in [5.74, 6) is 1.58. The van der Waals surface area contributed by atoms with Crippen molar-refractivity contribution < 1.29 is 23.7 Å². The van der Waals surface area contributed by atoms with E-state index in [1.54, 1.807) is 18.2 Å². The number of carbonyl (C=O) groups is 1. The van der Waals surface area contributed by atoms with Gasteiger partial charge < -0.3 is 18.9 Å². The second-order valence-electron chi connectivity index (χ2n) is 3.32. The lowest BCUT2D eigenvalue weighted by Crippen LogP contribution is -2.22. The molecule has 0 fully saturated rings. The van der Waals surface area contributed by atoms with Crippen LogP contribution in [0.1, 0.15) is 0 Å². The van der Waals surface area contributed by atoms with Gasteiger partial charge in [-0.3, -0.25) is 4.79 Å². The zero-order chi connectivity index (χ0) is 12.3. The highest BCUT2D eigenvalue weighted by atomic mass is 79.9. The van der Waals surface area contributed by atoms with Crippen molar-refractivity contribution in [2.24, 2.45) is 0 Å². The van der Waals surface area contributed by atoms with E-state index >= 15 is 0 Å². The van der Waals surface area contributed by atoms with Crippen LogP contribution in [0.5, 0.6) is 17.2 Å². The van der Waals surface area contributed by atoms with Crippen molar-refractivity contribution in [2.75, 3.05) is 20.5 Å². The minimum Gasteiger partial charge on any atom is -0.492 e. The van der Waals surface area contributed by atoms with Crippen molar-refractivity contribution in [1.29, 1.82) is 0 Å². The predicted octanol–water partition coefficient (Wildman–Crippen LogP) is 1.73. The number of benzene rings is 1. The highest BCUT2D eigenvalue weighted by Crippen LogP contribution is 2.35. The first-order valence-corrected chi connectivity index (χ1v) is 5.86. The number of esters is 1. The summed E-state index contributed by atoms with van der Waals surface area (Å²) in [4.78, 5) is 10.6. The summed E-state index contributed by atoms with van der Waals surface area (Å²) in [7, 11) is 1.33. The molecule has 0 radical (unpaired) electrons. The Bertz CT molecular complexity index is 420. The van der Waals surface area contributed by atoms with Gasteiger partial charge in [-0.15, -0.1) is 0 Å². The third kappa shape index (κ3) is 2.82. The molecule has 1 aromatic rings. The Labute approximate surface area is 107 Å². The molecule has 0 spiro atoms. The first-order chi connectivity index (χ1) is 8.20. The summed E-state index contributed by atoms with van der Waals surface area (Å²) in [6, 6.07) is 5.24. The average Bonchev–Trinajstić information content (AvgIpc) is 2.82. The van der Waals surface area contributed by atoms with Crippen molar-refractivity contribution in [1.82, 2.24) is 0 Å². The van der Waals surface area contributed by atoms with Crippen molar-refractivity contribution in [3.63, 3.8) is 0 Å². The first-order valence-electron chi connectivity index (χ1n) is 4.95. The Morgan fingerprint density at radius 2 is 2.24 bits per heavy atom. The Hall–Kier alpha value is -1.43. The molecule has 6 heteroatoms. The minimum absolute atomic E-state index is 0.187. The Morgan fingerprint density at radius 1 is 1.47 bits per heavy atom. The molecule has 1 atom stereocenters. The van der Waals surface area contributed by atoms with Crippen LogP contribution in [0, 0.1) is 0 Å². The number of halogens is 1. The van der Waals surface area contributed by atoms with Gasteiger partial charge in [0, 0.05) is 6.07 Å². The van der Waals surface area contributed by atoms with Crippen molar-refractivity contribution >= 4 is 21.9 Å². The van der Waals surface area contributed by atoms with Crippen molar-refractivity contribution in [3.8, 4) is 17.2 Å². The zero-order valence-corrected chi connectivity index (χ0v) is 10.7. The molecule has 0 N–H and O–H groups in total. The van der Waals surface area contributed by atoms with E-state index in [0.717, 1.165) is 0 Å². The monoisotopic (exact) mass is 302 g/mol. The average molecular weight is 303 g/mol. The van der Waals surface area contributed by atoms with Crippen LogP contribution >= 0.6 is 15.9 Å². The molecule has 1 unspecified atom stereocenters. The molecule has 0 saturated carbocycles. The van der Waals surface area contributed by atoms with Crippen molar-refractivity contribution in [3.05, 3.63) is 18.2 Å². The van der Waals surface area contributed by atoms with E-state index in [-0.39, 0.29) is 19.4 Å². The maximum atomic E-state index is 11.1. The molecule has 1 heterocycles. The summed E-state index contributed by atoms with van der Waals surface area (Å²) in [6.07, 6.45) is 0. The molecule has 1 aliphatic heterocycles. The quantitative estimate of drug-likeness (QED) is 0.626. The molecule has 0 aromatic heterocycles. The van der Waals surface area contributed by atoms with Gasteiger partial charge in [-0.25, -0.2) is 0 Å². The molecule has 0 aliphatic carbocycles. The summed E-state index contributed by atoms with van der Waals surface area (Å²) in [6.45, 7) is 0.411. The zero-order valence-electron chi connectivity index (χ0n) is 9.14. The van der Waals surface area contributed by atoms with Gasteiger partial charge in [-0.2, -0.15) is 0 Å². The summed E-state index contributed by atoms with van der Waals surface area (Å²) < 4.78 is 20.4. The molecule has 5 nitrogen and oxygen atoms in total. The summed E-state index contributed by atoms with van der Waals surface area (Å²) in [5, 5.41) is 0. The Morgan fingerprint density at radius 3 is 3.00 bits per heavy atom. The molecule has 1 aromatic carbocycles. The smallest absolute Gasteiger partial charge is 0.322 e. The number of hydrogen-bond donors (Lipinski definition) is 0. The Balaban J connectivity index is 1.93. The molecule has 92 valence electrons. The lowest BCUT2D eigenvalue weighted by atomic mass is 10.3. The van der Waals surface area contributed by atoms with E-state index < -0.39 is 4.83 Å². The highest BCUT2D eigenvalue weighted by Gasteiger charge is 2.17. The van der Waals surface area contributed by atoms with Crippen LogP contribution in [0.2, 0.25) is 0 Å². The van der Waals surface area contributed by atoms with Gasteiger partial charge in [-0.05, 0) is 12.1 Å². The fraction of sp³-hybridized carbons (Fsp3) is 0.364. The third-order valence-corrected chi connectivity index (χ3v) is 2.84. The first kappa shape index (κ1) is 12.0. The van der Waals surface area contributed by atoms with E-state index in [1.807, 2.05) is 0 Å². The van der Waals surface area contributed by atoms with Gasteiger partial charge in [0.25, 0.3) is 0 Å². The maximum Gasteiger partial charge on any atom is 0.322 e. The standard InChI is InChI=1S/C11H11BrO5/c1-14-11(13)8(12)5-15-7-2-3-9-10(4-7)17-6-16-9/h2-4,8H,5-6H2,1H3. The number of fused-ring (bicyclic) bond motifs is 1. The minimum atomic E-state index is -0.488. The van der Waals surface area contributed by atoms with Gasteiger partial charge in [0.05, 0.1) is 7.11 Å². The summed E-state index contributed by atoms with van der Waals surface area (Å²) >= 11 is 3.17. The molecular weight excluding hydrogens is 292 g/mol. The van der Waals surface area contributed by atoms with Gasteiger partial charge in [0.15, 0.2) is 11.5 Å². The maximum absolute atomic E-state index is 11.1. The van der Waals surface area contributed by atoms with E-state index in [1.165, 1.54) is 7.11 Å². The molecule has 1 aliphatic rings. The number of alkyl halides is 1. The van der Waals surface area contributed by atoms with Gasteiger partial charge in [0.2, 0.25) is 6.79 Å². The van der Waals surface area contributed by atoms with E-state index in [0.29, 0.717) is 17.2 Å². The third-order valence-electron chi connectivity index (χ3n) is 2.20. The number of hydrogen-bond acceptors (Lipinski definition) is 5. The van der Waals surface area contributed by atoms with Crippen LogP contribution in [0.25, 0.3) is 0 Å². The lowest BCUT2D eigenvalue weighted by Gasteiger charge is -2.10. The second kappa shape index (κ2) is 5.27. The number of rotatable bonds is 4. The molecule has 0 saturated heterocycles. The van der Waals surface area contributed by atoms with Crippen LogP contribution in [0.3, 0.4) is 0 Å².